The molecule has 5 heteroatoms. The molecular formula is C12H15N3O2. The van der Waals surface area contributed by atoms with E-state index in [-0.39, 0.29) is 5.69 Å². The van der Waals surface area contributed by atoms with Crippen LogP contribution in [0.5, 0.6) is 0 Å². The Morgan fingerprint density at radius 3 is 2.53 bits per heavy atom. The van der Waals surface area contributed by atoms with E-state index in [2.05, 4.69) is 10.3 Å². The summed E-state index contributed by atoms with van der Waals surface area (Å²) in [4.78, 5) is 14.2. The van der Waals surface area contributed by atoms with Gasteiger partial charge >= 0.3 is 0 Å². The third kappa shape index (κ3) is 1.97. The quantitative estimate of drug-likeness (QED) is 0.643. The number of pyridine rings is 1. The van der Waals surface area contributed by atoms with Crippen LogP contribution in [0.15, 0.2) is 18.3 Å². The van der Waals surface area contributed by atoms with Gasteiger partial charge in [0.05, 0.1) is 4.92 Å². The molecular weight excluding hydrogens is 218 g/mol. The van der Waals surface area contributed by atoms with Gasteiger partial charge in [-0.25, -0.2) is 4.98 Å². The predicted molar refractivity (Wildman–Crippen MR) is 63.8 cm³/mol. The molecule has 2 fully saturated rings. The van der Waals surface area contributed by atoms with Crippen LogP contribution in [-0.4, -0.2) is 15.9 Å². The normalized spacial score (nSPS) is 30.5. The largest absolute Gasteiger partial charge is 0.367 e. The van der Waals surface area contributed by atoms with Crippen molar-refractivity contribution in [3.05, 3.63) is 28.4 Å². The average Bonchev–Trinajstić information content (AvgIpc) is 3.04. The highest BCUT2D eigenvalue weighted by Gasteiger charge is 2.50. The first-order valence-electron chi connectivity index (χ1n) is 6.13. The summed E-state index contributed by atoms with van der Waals surface area (Å²) in [5, 5.41) is 13.9. The molecule has 0 unspecified atom stereocenters. The van der Waals surface area contributed by atoms with Gasteiger partial charge in [-0.1, -0.05) is 12.8 Å². The third-order valence-corrected chi connectivity index (χ3v) is 3.93. The Hall–Kier alpha value is -1.65. The Morgan fingerprint density at radius 2 is 2.00 bits per heavy atom. The van der Waals surface area contributed by atoms with Gasteiger partial charge < -0.3 is 5.32 Å². The number of nitro groups is 1. The van der Waals surface area contributed by atoms with Crippen LogP contribution < -0.4 is 5.32 Å². The SMILES string of the molecule is O=[N+]([O-])c1ccc(NC2[C@H]3CCCC[C@H]23)nc1. The standard InChI is InChI=1S/C12H15N3O2/c16-15(17)8-5-6-11(13-7-8)14-12-9-3-1-2-4-10(9)12/h5-7,9-10,12H,1-4H2,(H,13,14)/t9-,10-/m0/s1. The number of aromatic nitrogens is 1. The maximum absolute atomic E-state index is 10.5. The molecule has 90 valence electrons. The van der Waals surface area contributed by atoms with Crippen molar-refractivity contribution >= 4 is 11.5 Å². The number of fused-ring (bicyclic) bond motifs is 1. The van der Waals surface area contributed by atoms with Crippen LogP contribution in [0.4, 0.5) is 11.5 Å². The van der Waals surface area contributed by atoms with Crippen LogP contribution in [0.3, 0.4) is 0 Å². The fourth-order valence-electron chi connectivity index (χ4n) is 2.96. The summed E-state index contributed by atoms with van der Waals surface area (Å²) in [6.45, 7) is 0. The second kappa shape index (κ2) is 3.98. The molecule has 0 amide bonds. The van der Waals surface area contributed by atoms with Crippen LogP contribution in [0, 0.1) is 22.0 Å². The van der Waals surface area contributed by atoms with E-state index in [4.69, 9.17) is 0 Å². The molecule has 2 aliphatic rings. The van der Waals surface area contributed by atoms with Crippen molar-refractivity contribution in [3.8, 4) is 0 Å². The summed E-state index contributed by atoms with van der Waals surface area (Å²) in [6, 6.07) is 3.75. The first-order chi connectivity index (χ1) is 8.25. The second-order valence-electron chi connectivity index (χ2n) is 4.94. The summed E-state index contributed by atoms with van der Waals surface area (Å²) in [7, 11) is 0. The van der Waals surface area contributed by atoms with Crippen LogP contribution in [-0.2, 0) is 0 Å². The number of hydrogen-bond donors (Lipinski definition) is 1. The zero-order valence-corrected chi connectivity index (χ0v) is 9.50. The van der Waals surface area contributed by atoms with Gasteiger partial charge in [0.2, 0.25) is 0 Å². The highest BCUT2D eigenvalue weighted by molar-refractivity contribution is 5.42. The Labute approximate surface area is 99.4 Å². The Bertz CT molecular complexity index is 420. The molecule has 5 nitrogen and oxygen atoms in total. The number of hydrogen-bond acceptors (Lipinski definition) is 4. The van der Waals surface area contributed by atoms with Crippen LogP contribution >= 0.6 is 0 Å². The van der Waals surface area contributed by atoms with E-state index < -0.39 is 4.92 Å². The molecule has 0 aliphatic heterocycles. The first-order valence-corrected chi connectivity index (χ1v) is 6.13. The highest BCUT2D eigenvalue weighted by Crippen LogP contribution is 2.50. The fraction of sp³-hybridized carbons (Fsp3) is 0.583. The summed E-state index contributed by atoms with van der Waals surface area (Å²) < 4.78 is 0. The Kier molecular flexibility index (Phi) is 2.46. The van der Waals surface area contributed by atoms with E-state index in [0.717, 1.165) is 17.7 Å². The molecule has 2 atom stereocenters. The summed E-state index contributed by atoms with van der Waals surface area (Å²) >= 11 is 0. The predicted octanol–water partition coefficient (Wildman–Crippen LogP) is 2.59. The fourth-order valence-corrected chi connectivity index (χ4v) is 2.96. The molecule has 17 heavy (non-hydrogen) atoms. The van der Waals surface area contributed by atoms with Crippen molar-refractivity contribution in [2.75, 3.05) is 5.32 Å². The van der Waals surface area contributed by atoms with Crippen LogP contribution in [0.2, 0.25) is 0 Å². The minimum absolute atomic E-state index is 0.0452. The van der Waals surface area contributed by atoms with Gasteiger partial charge in [-0.2, -0.15) is 0 Å². The van der Waals surface area contributed by atoms with Gasteiger partial charge in [-0.3, -0.25) is 10.1 Å². The number of anilines is 1. The molecule has 0 bridgehead atoms. The van der Waals surface area contributed by atoms with Crippen molar-refractivity contribution in [2.24, 2.45) is 11.8 Å². The zero-order chi connectivity index (χ0) is 11.8. The number of nitrogens with one attached hydrogen (secondary N) is 1. The maximum atomic E-state index is 10.5. The van der Waals surface area contributed by atoms with Gasteiger partial charge in [0, 0.05) is 12.1 Å². The van der Waals surface area contributed by atoms with Crippen LogP contribution in [0.1, 0.15) is 25.7 Å². The highest BCUT2D eigenvalue weighted by atomic mass is 16.6. The van der Waals surface area contributed by atoms with Crippen LogP contribution in [0.25, 0.3) is 0 Å². The molecule has 1 aromatic heterocycles. The second-order valence-corrected chi connectivity index (χ2v) is 4.94. The summed E-state index contributed by atoms with van der Waals surface area (Å²) in [5.41, 5.74) is 0.0452. The topological polar surface area (TPSA) is 68.1 Å². The van der Waals surface area contributed by atoms with Crippen molar-refractivity contribution in [1.29, 1.82) is 0 Å². The molecule has 3 rings (SSSR count). The van der Waals surface area contributed by atoms with E-state index in [1.165, 1.54) is 37.9 Å². The van der Waals surface area contributed by atoms with Gasteiger partial charge in [0.25, 0.3) is 5.69 Å². The minimum atomic E-state index is -0.423. The Morgan fingerprint density at radius 1 is 1.29 bits per heavy atom. The number of nitrogens with zero attached hydrogens (tertiary/aromatic N) is 2. The van der Waals surface area contributed by atoms with E-state index in [1.807, 2.05) is 0 Å². The maximum Gasteiger partial charge on any atom is 0.287 e. The van der Waals surface area contributed by atoms with Crippen molar-refractivity contribution in [1.82, 2.24) is 4.98 Å². The molecule has 1 N–H and O–H groups in total. The average molecular weight is 233 g/mol. The molecule has 0 spiro atoms. The van der Waals surface area contributed by atoms with E-state index in [0.29, 0.717) is 6.04 Å². The molecule has 0 radical (unpaired) electrons. The zero-order valence-electron chi connectivity index (χ0n) is 9.50. The van der Waals surface area contributed by atoms with Crippen molar-refractivity contribution in [2.45, 2.75) is 31.7 Å². The lowest BCUT2D eigenvalue weighted by atomic mass is 10.0. The molecule has 1 aromatic rings. The summed E-state index contributed by atoms with van der Waals surface area (Å²) in [5.74, 6) is 2.37. The minimum Gasteiger partial charge on any atom is -0.367 e. The van der Waals surface area contributed by atoms with E-state index >= 15 is 0 Å². The molecule has 2 saturated carbocycles. The molecule has 1 heterocycles. The van der Waals surface area contributed by atoms with Crippen molar-refractivity contribution < 1.29 is 4.92 Å². The molecule has 2 aliphatic carbocycles. The summed E-state index contributed by atoms with van der Waals surface area (Å²) in [6.07, 6.45) is 6.62. The lowest BCUT2D eigenvalue weighted by Crippen LogP contribution is -2.07. The number of rotatable bonds is 3. The molecule has 0 saturated heterocycles. The molecule has 0 aromatic carbocycles. The van der Waals surface area contributed by atoms with E-state index in [1.54, 1.807) is 6.07 Å². The van der Waals surface area contributed by atoms with Gasteiger partial charge in [-0.15, -0.1) is 0 Å². The van der Waals surface area contributed by atoms with Gasteiger partial charge in [-0.05, 0) is 30.7 Å². The van der Waals surface area contributed by atoms with Gasteiger partial charge in [0.1, 0.15) is 12.0 Å². The third-order valence-electron chi connectivity index (χ3n) is 3.93. The van der Waals surface area contributed by atoms with E-state index in [9.17, 15) is 10.1 Å². The first kappa shape index (κ1) is 10.5. The van der Waals surface area contributed by atoms with Gasteiger partial charge in [0.15, 0.2) is 0 Å². The smallest absolute Gasteiger partial charge is 0.287 e. The monoisotopic (exact) mass is 233 g/mol. The van der Waals surface area contributed by atoms with Crippen molar-refractivity contribution in [3.63, 3.8) is 0 Å². The Balaban J connectivity index is 1.64. The lowest BCUT2D eigenvalue weighted by molar-refractivity contribution is -0.385. The lowest BCUT2D eigenvalue weighted by Gasteiger charge is -2.04.